The smallest absolute Gasteiger partial charge is 0.242 e. The molecule has 0 amide bonds. The lowest BCUT2D eigenvalue weighted by Gasteiger charge is -2.38. The average Bonchev–Trinajstić information content (AvgIpc) is 2.44. The van der Waals surface area contributed by atoms with Gasteiger partial charge in [0.15, 0.2) is 0 Å². The van der Waals surface area contributed by atoms with Gasteiger partial charge in [0.1, 0.15) is 0 Å². The number of hydrogen-bond donors (Lipinski definition) is 1. The molecule has 2 rings (SSSR count). The summed E-state index contributed by atoms with van der Waals surface area (Å²) < 4.78 is 1.65. The Morgan fingerprint density at radius 2 is 2.31 bits per heavy atom. The molecule has 1 N–H and O–H groups in total. The van der Waals surface area contributed by atoms with Gasteiger partial charge < -0.3 is 5.32 Å². The lowest BCUT2D eigenvalue weighted by atomic mass is 9.70. The number of aromatic nitrogens is 4. The van der Waals surface area contributed by atoms with Crippen LogP contribution < -0.4 is 5.32 Å². The van der Waals surface area contributed by atoms with E-state index in [2.05, 4.69) is 27.8 Å². The minimum absolute atomic E-state index is 0.464. The minimum atomic E-state index is 0.464. The normalized spacial score (nSPS) is 19.5. The van der Waals surface area contributed by atoms with Gasteiger partial charge in [-0.15, -0.1) is 0 Å². The van der Waals surface area contributed by atoms with Gasteiger partial charge in [0, 0.05) is 13.6 Å². The number of hydrogen-bond acceptors (Lipinski definition) is 4. The SMILES string of the molecule is Cn1nnnc1NCC1(C)CCC1. The Hall–Kier alpha value is -1.13. The van der Waals surface area contributed by atoms with Gasteiger partial charge in [-0.05, 0) is 28.7 Å². The molecule has 1 heterocycles. The van der Waals surface area contributed by atoms with Crippen LogP contribution in [0.1, 0.15) is 26.2 Å². The molecule has 0 unspecified atom stereocenters. The van der Waals surface area contributed by atoms with Crippen molar-refractivity contribution in [1.29, 1.82) is 0 Å². The van der Waals surface area contributed by atoms with Crippen molar-refractivity contribution < 1.29 is 0 Å². The molecule has 5 heteroatoms. The molecule has 0 aromatic carbocycles. The number of anilines is 1. The molecule has 72 valence electrons. The van der Waals surface area contributed by atoms with Gasteiger partial charge in [-0.25, -0.2) is 4.68 Å². The van der Waals surface area contributed by atoms with Crippen molar-refractivity contribution >= 4 is 5.95 Å². The van der Waals surface area contributed by atoms with Crippen molar-refractivity contribution in [3.63, 3.8) is 0 Å². The fourth-order valence-corrected chi connectivity index (χ4v) is 1.63. The molecule has 1 fully saturated rings. The van der Waals surface area contributed by atoms with E-state index in [0.717, 1.165) is 12.5 Å². The number of nitrogens with one attached hydrogen (secondary N) is 1. The molecule has 1 aromatic rings. The van der Waals surface area contributed by atoms with Crippen molar-refractivity contribution in [3.05, 3.63) is 0 Å². The minimum Gasteiger partial charge on any atom is -0.353 e. The quantitative estimate of drug-likeness (QED) is 0.749. The van der Waals surface area contributed by atoms with Crippen molar-refractivity contribution in [1.82, 2.24) is 20.2 Å². The maximum absolute atomic E-state index is 3.87. The zero-order valence-electron chi connectivity index (χ0n) is 8.12. The molecule has 5 nitrogen and oxygen atoms in total. The molecule has 13 heavy (non-hydrogen) atoms. The van der Waals surface area contributed by atoms with Crippen LogP contribution in [0.4, 0.5) is 5.95 Å². The topological polar surface area (TPSA) is 55.6 Å². The second-order valence-electron chi connectivity index (χ2n) is 4.14. The highest BCUT2D eigenvalue weighted by atomic mass is 15.6. The zero-order valence-corrected chi connectivity index (χ0v) is 8.12. The number of nitrogens with zero attached hydrogens (tertiary/aromatic N) is 4. The first-order chi connectivity index (χ1) is 6.20. The largest absolute Gasteiger partial charge is 0.353 e. The predicted octanol–water partition coefficient (Wildman–Crippen LogP) is 0.812. The maximum Gasteiger partial charge on any atom is 0.242 e. The fourth-order valence-electron chi connectivity index (χ4n) is 1.63. The summed E-state index contributed by atoms with van der Waals surface area (Å²) >= 11 is 0. The zero-order chi connectivity index (χ0) is 9.31. The highest BCUT2D eigenvalue weighted by Crippen LogP contribution is 2.39. The van der Waals surface area contributed by atoms with Gasteiger partial charge in [-0.1, -0.05) is 18.4 Å². The lowest BCUT2D eigenvalue weighted by Crippen LogP contribution is -2.33. The van der Waals surface area contributed by atoms with Gasteiger partial charge in [-0.3, -0.25) is 0 Å². The molecule has 0 spiro atoms. The Balaban J connectivity index is 1.89. The third-order valence-electron chi connectivity index (χ3n) is 2.85. The Morgan fingerprint density at radius 3 is 2.77 bits per heavy atom. The molecule has 0 aliphatic heterocycles. The van der Waals surface area contributed by atoms with E-state index in [1.807, 2.05) is 7.05 Å². The van der Waals surface area contributed by atoms with Crippen LogP contribution in [-0.4, -0.2) is 26.8 Å². The maximum atomic E-state index is 3.87. The first-order valence-corrected chi connectivity index (χ1v) is 4.66. The highest BCUT2D eigenvalue weighted by Gasteiger charge is 2.31. The third kappa shape index (κ3) is 1.64. The summed E-state index contributed by atoms with van der Waals surface area (Å²) in [7, 11) is 1.84. The summed E-state index contributed by atoms with van der Waals surface area (Å²) in [6, 6.07) is 0. The summed E-state index contributed by atoms with van der Waals surface area (Å²) in [6.45, 7) is 3.27. The molecule has 0 bridgehead atoms. The monoisotopic (exact) mass is 181 g/mol. The summed E-state index contributed by atoms with van der Waals surface area (Å²) in [6.07, 6.45) is 3.98. The van der Waals surface area contributed by atoms with Crippen LogP contribution in [0.2, 0.25) is 0 Å². The van der Waals surface area contributed by atoms with Crippen LogP contribution in [0.25, 0.3) is 0 Å². The molecule has 1 saturated carbocycles. The Labute approximate surface area is 77.5 Å². The third-order valence-corrected chi connectivity index (χ3v) is 2.85. The summed E-state index contributed by atoms with van der Waals surface area (Å²) in [5.41, 5.74) is 0.464. The summed E-state index contributed by atoms with van der Waals surface area (Å²) in [5, 5.41) is 14.5. The van der Waals surface area contributed by atoms with E-state index in [0.29, 0.717) is 5.41 Å². The summed E-state index contributed by atoms with van der Waals surface area (Å²) in [5.74, 6) is 0.758. The number of rotatable bonds is 3. The second kappa shape index (κ2) is 2.97. The van der Waals surface area contributed by atoms with Crippen molar-refractivity contribution in [2.24, 2.45) is 12.5 Å². The molecule has 1 aromatic heterocycles. The van der Waals surface area contributed by atoms with Gasteiger partial charge >= 0.3 is 0 Å². The van der Waals surface area contributed by atoms with Crippen LogP contribution >= 0.6 is 0 Å². The van der Waals surface area contributed by atoms with E-state index >= 15 is 0 Å². The standard InChI is InChI=1S/C8H15N5/c1-8(4-3-5-8)6-9-7-10-11-12-13(7)2/h3-6H2,1-2H3,(H,9,10,12). The molecule has 0 saturated heterocycles. The fraction of sp³-hybridized carbons (Fsp3) is 0.875. The average molecular weight is 181 g/mol. The van der Waals surface area contributed by atoms with Gasteiger partial charge in [0.25, 0.3) is 0 Å². The Kier molecular flexibility index (Phi) is 1.94. The van der Waals surface area contributed by atoms with Crippen molar-refractivity contribution in [2.75, 3.05) is 11.9 Å². The van der Waals surface area contributed by atoms with E-state index in [4.69, 9.17) is 0 Å². The molecule has 0 radical (unpaired) electrons. The van der Waals surface area contributed by atoms with E-state index in [9.17, 15) is 0 Å². The number of aryl methyl sites for hydroxylation is 1. The van der Waals surface area contributed by atoms with Crippen molar-refractivity contribution in [2.45, 2.75) is 26.2 Å². The van der Waals surface area contributed by atoms with Crippen LogP contribution in [0.15, 0.2) is 0 Å². The van der Waals surface area contributed by atoms with E-state index in [1.165, 1.54) is 19.3 Å². The molecule has 1 aliphatic rings. The second-order valence-corrected chi connectivity index (χ2v) is 4.14. The highest BCUT2D eigenvalue weighted by molar-refractivity contribution is 5.21. The van der Waals surface area contributed by atoms with Crippen molar-refractivity contribution in [3.8, 4) is 0 Å². The Bertz CT molecular complexity index is 288. The van der Waals surface area contributed by atoms with Gasteiger partial charge in [0.2, 0.25) is 5.95 Å². The van der Waals surface area contributed by atoms with Crippen LogP contribution in [-0.2, 0) is 7.05 Å². The van der Waals surface area contributed by atoms with E-state index in [1.54, 1.807) is 4.68 Å². The predicted molar refractivity (Wildman–Crippen MR) is 49.2 cm³/mol. The molecular weight excluding hydrogens is 166 g/mol. The number of tetrazole rings is 1. The van der Waals surface area contributed by atoms with E-state index in [-0.39, 0.29) is 0 Å². The lowest BCUT2D eigenvalue weighted by molar-refractivity contribution is 0.179. The molecule has 1 aliphatic carbocycles. The van der Waals surface area contributed by atoms with Crippen LogP contribution in [0.5, 0.6) is 0 Å². The Morgan fingerprint density at radius 1 is 1.54 bits per heavy atom. The molecule has 0 atom stereocenters. The van der Waals surface area contributed by atoms with Gasteiger partial charge in [-0.2, -0.15) is 0 Å². The van der Waals surface area contributed by atoms with Crippen LogP contribution in [0.3, 0.4) is 0 Å². The first-order valence-electron chi connectivity index (χ1n) is 4.66. The summed E-state index contributed by atoms with van der Waals surface area (Å²) in [4.78, 5) is 0. The van der Waals surface area contributed by atoms with Gasteiger partial charge in [0.05, 0.1) is 0 Å². The van der Waals surface area contributed by atoms with E-state index < -0.39 is 0 Å². The molecular formula is C8H15N5. The van der Waals surface area contributed by atoms with Crippen LogP contribution in [0, 0.1) is 5.41 Å². The first kappa shape index (κ1) is 8.47.